The van der Waals surface area contributed by atoms with Crippen LogP contribution in [0.25, 0.3) is 0 Å². The number of hydrogen-bond acceptors (Lipinski definition) is 3. The summed E-state index contributed by atoms with van der Waals surface area (Å²) in [6.07, 6.45) is 4.75. The molecule has 0 aromatic heterocycles. The summed E-state index contributed by atoms with van der Waals surface area (Å²) in [4.78, 5) is 12.3. The van der Waals surface area contributed by atoms with Crippen LogP contribution in [0.3, 0.4) is 0 Å². The first kappa shape index (κ1) is 18.1. The fraction of sp³-hybridized carbons (Fsp3) is 0.611. The first-order valence-corrected chi connectivity index (χ1v) is 9.62. The van der Waals surface area contributed by atoms with E-state index in [-0.39, 0.29) is 24.7 Å². The zero-order valence-electron chi connectivity index (χ0n) is 13.8. The van der Waals surface area contributed by atoms with Crippen LogP contribution in [-0.2, 0) is 0 Å². The quantitative estimate of drug-likeness (QED) is 0.681. The van der Waals surface area contributed by atoms with Gasteiger partial charge in [0.2, 0.25) is 0 Å². The molecule has 23 heavy (non-hydrogen) atoms. The highest BCUT2D eigenvalue weighted by Gasteiger charge is 2.26. The first-order chi connectivity index (χ1) is 11.2. The second-order valence-corrected chi connectivity index (χ2v) is 7.61. The minimum absolute atomic E-state index is 0.0504. The van der Waals surface area contributed by atoms with Crippen LogP contribution >= 0.6 is 11.8 Å². The van der Waals surface area contributed by atoms with E-state index in [2.05, 4.69) is 17.6 Å². The van der Waals surface area contributed by atoms with Gasteiger partial charge in [-0.3, -0.25) is 0 Å². The van der Waals surface area contributed by atoms with Crippen molar-refractivity contribution in [1.29, 1.82) is 0 Å². The lowest BCUT2D eigenvalue weighted by Crippen LogP contribution is -2.42. The standard InChI is InChI=1S/C18H28N2O2S/c1-2-23-16-11-10-15(13-16)19-18(22)20-17(9-6-12-21)14-7-4-3-5-8-14/h3-5,7-8,15-17,21H,2,6,9-13H2,1H3,(H2,19,20,22). The van der Waals surface area contributed by atoms with Crippen LogP contribution in [0.1, 0.15) is 50.6 Å². The monoisotopic (exact) mass is 336 g/mol. The van der Waals surface area contributed by atoms with Gasteiger partial charge in [-0.25, -0.2) is 4.79 Å². The van der Waals surface area contributed by atoms with Gasteiger partial charge in [-0.15, -0.1) is 0 Å². The molecule has 5 heteroatoms. The maximum absolute atomic E-state index is 12.3. The highest BCUT2D eigenvalue weighted by molar-refractivity contribution is 7.99. The molecule has 3 unspecified atom stereocenters. The lowest BCUT2D eigenvalue weighted by Gasteiger charge is -2.21. The van der Waals surface area contributed by atoms with Crippen LogP contribution in [0.2, 0.25) is 0 Å². The number of rotatable bonds is 8. The highest BCUT2D eigenvalue weighted by Crippen LogP contribution is 2.29. The molecule has 2 amide bonds. The number of benzene rings is 1. The Morgan fingerprint density at radius 1 is 1.35 bits per heavy atom. The van der Waals surface area contributed by atoms with Gasteiger partial charge < -0.3 is 15.7 Å². The minimum atomic E-state index is -0.0936. The van der Waals surface area contributed by atoms with Gasteiger partial charge in [0.15, 0.2) is 0 Å². The van der Waals surface area contributed by atoms with Crippen LogP contribution in [0.5, 0.6) is 0 Å². The number of nitrogens with one attached hydrogen (secondary N) is 2. The molecule has 1 aromatic carbocycles. The third kappa shape index (κ3) is 6.07. The molecular formula is C18H28N2O2S. The lowest BCUT2D eigenvalue weighted by molar-refractivity contribution is 0.229. The van der Waals surface area contributed by atoms with Crippen LogP contribution in [-0.4, -0.2) is 34.8 Å². The zero-order chi connectivity index (χ0) is 16.5. The van der Waals surface area contributed by atoms with Crippen LogP contribution in [0.15, 0.2) is 30.3 Å². The number of aliphatic hydroxyl groups excluding tert-OH is 1. The normalized spacial score (nSPS) is 21.8. The number of carbonyl (C=O) groups is 1. The van der Waals surface area contributed by atoms with Crippen molar-refractivity contribution < 1.29 is 9.90 Å². The molecule has 0 radical (unpaired) electrons. The molecule has 1 fully saturated rings. The Kier molecular flexibility index (Phi) is 7.76. The topological polar surface area (TPSA) is 61.4 Å². The number of urea groups is 1. The van der Waals surface area contributed by atoms with Gasteiger partial charge in [0.05, 0.1) is 6.04 Å². The summed E-state index contributed by atoms with van der Waals surface area (Å²) in [5.74, 6) is 1.14. The number of carbonyl (C=O) groups excluding carboxylic acids is 1. The summed E-state index contributed by atoms with van der Waals surface area (Å²) in [6, 6.07) is 10.1. The summed E-state index contributed by atoms with van der Waals surface area (Å²) in [7, 11) is 0. The Morgan fingerprint density at radius 2 is 2.13 bits per heavy atom. The average Bonchev–Trinajstić information content (AvgIpc) is 2.99. The number of hydrogen-bond donors (Lipinski definition) is 3. The van der Waals surface area contributed by atoms with E-state index in [9.17, 15) is 4.79 Å². The molecule has 1 saturated carbocycles. The molecule has 1 aliphatic rings. The maximum Gasteiger partial charge on any atom is 0.315 e. The predicted molar refractivity (Wildman–Crippen MR) is 96.7 cm³/mol. The maximum atomic E-state index is 12.3. The SMILES string of the molecule is CCSC1CCC(NC(=O)NC(CCCO)c2ccccc2)C1. The van der Waals surface area contributed by atoms with Crippen LogP contribution < -0.4 is 10.6 Å². The van der Waals surface area contributed by atoms with Crippen molar-refractivity contribution in [2.75, 3.05) is 12.4 Å². The zero-order valence-corrected chi connectivity index (χ0v) is 14.6. The molecule has 3 N–H and O–H groups in total. The number of thioether (sulfide) groups is 1. The molecule has 0 bridgehead atoms. The highest BCUT2D eigenvalue weighted by atomic mass is 32.2. The minimum Gasteiger partial charge on any atom is -0.396 e. The van der Waals surface area contributed by atoms with Crippen molar-refractivity contribution in [2.45, 2.75) is 56.4 Å². The van der Waals surface area contributed by atoms with Gasteiger partial charge in [0, 0.05) is 17.9 Å². The molecule has 1 aromatic rings. The first-order valence-electron chi connectivity index (χ1n) is 8.57. The molecule has 0 saturated heterocycles. The molecule has 0 spiro atoms. The molecule has 128 valence electrons. The molecule has 1 aliphatic carbocycles. The Balaban J connectivity index is 1.85. The smallest absolute Gasteiger partial charge is 0.315 e. The van der Waals surface area contributed by atoms with Crippen molar-refractivity contribution in [1.82, 2.24) is 10.6 Å². The van der Waals surface area contributed by atoms with E-state index in [4.69, 9.17) is 5.11 Å². The van der Waals surface area contributed by atoms with Crippen molar-refractivity contribution in [3.63, 3.8) is 0 Å². The summed E-state index contributed by atoms with van der Waals surface area (Å²) in [6.45, 7) is 2.33. The van der Waals surface area contributed by atoms with Crippen molar-refractivity contribution in [2.24, 2.45) is 0 Å². The molecule has 0 heterocycles. The molecular weight excluding hydrogens is 308 g/mol. The number of aliphatic hydroxyl groups is 1. The fourth-order valence-electron chi connectivity index (χ4n) is 3.15. The molecule has 4 nitrogen and oxygen atoms in total. The Labute approximate surface area is 143 Å². The van der Waals surface area contributed by atoms with Crippen molar-refractivity contribution >= 4 is 17.8 Å². The van der Waals surface area contributed by atoms with Crippen molar-refractivity contribution in [3.8, 4) is 0 Å². The summed E-state index contributed by atoms with van der Waals surface area (Å²) in [5.41, 5.74) is 1.09. The van der Waals surface area contributed by atoms with Gasteiger partial charge in [-0.2, -0.15) is 11.8 Å². The van der Waals surface area contributed by atoms with E-state index in [1.54, 1.807) is 0 Å². The third-order valence-electron chi connectivity index (χ3n) is 4.28. The van der Waals surface area contributed by atoms with E-state index < -0.39 is 0 Å². The third-order valence-corrected chi connectivity index (χ3v) is 5.51. The number of amides is 2. The molecule has 3 atom stereocenters. The Bertz CT molecular complexity index is 469. The van der Waals surface area contributed by atoms with Gasteiger partial charge in [0.25, 0.3) is 0 Å². The largest absolute Gasteiger partial charge is 0.396 e. The second-order valence-electron chi connectivity index (χ2n) is 6.03. The predicted octanol–water partition coefficient (Wildman–Crippen LogP) is 3.47. The molecule has 0 aliphatic heterocycles. The Hall–Kier alpha value is -1.20. The van der Waals surface area contributed by atoms with E-state index in [0.717, 1.165) is 30.6 Å². The fourth-order valence-corrected chi connectivity index (χ4v) is 4.29. The van der Waals surface area contributed by atoms with E-state index in [1.165, 1.54) is 6.42 Å². The van der Waals surface area contributed by atoms with E-state index >= 15 is 0 Å². The summed E-state index contributed by atoms with van der Waals surface area (Å²) in [5, 5.41) is 16.0. The van der Waals surface area contributed by atoms with Crippen LogP contribution in [0, 0.1) is 0 Å². The van der Waals surface area contributed by atoms with E-state index in [1.807, 2.05) is 42.1 Å². The Morgan fingerprint density at radius 3 is 2.83 bits per heavy atom. The molecule has 2 rings (SSSR count). The van der Waals surface area contributed by atoms with Gasteiger partial charge in [-0.1, -0.05) is 37.3 Å². The van der Waals surface area contributed by atoms with Crippen molar-refractivity contribution in [3.05, 3.63) is 35.9 Å². The lowest BCUT2D eigenvalue weighted by atomic mass is 10.0. The summed E-state index contributed by atoms with van der Waals surface area (Å²) < 4.78 is 0. The average molecular weight is 337 g/mol. The van der Waals surface area contributed by atoms with Crippen LogP contribution in [0.4, 0.5) is 4.79 Å². The van der Waals surface area contributed by atoms with Gasteiger partial charge in [-0.05, 0) is 43.4 Å². The summed E-state index contributed by atoms with van der Waals surface area (Å²) >= 11 is 1.99. The van der Waals surface area contributed by atoms with Gasteiger partial charge in [0.1, 0.15) is 0 Å². The van der Waals surface area contributed by atoms with E-state index in [0.29, 0.717) is 11.7 Å². The van der Waals surface area contributed by atoms with Gasteiger partial charge >= 0.3 is 6.03 Å². The second kappa shape index (κ2) is 9.83.